The van der Waals surface area contributed by atoms with Gasteiger partial charge in [0, 0.05) is 0 Å². The highest BCUT2D eigenvalue weighted by molar-refractivity contribution is 7.71. The third-order valence-corrected chi connectivity index (χ3v) is 2.90. The van der Waals surface area contributed by atoms with Crippen LogP contribution in [0.1, 0.15) is 32.0 Å². The average molecular weight is 318 g/mol. The van der Waals surface area contributed by atoms with Crippen LogP contribution in [0.25, 0.3) is 0 Å². The zero-order chi connectivity index (χ0) is 16.3. The van der Waals surface area contributed by atoms with Gasteiger partial charge in [0.05, 0.1) is 6.21 Å². The number of nitrogens with one attached hydrogen (secondary N) is 1. The fourth-order valence-electron chi connectivity index (χ4n) is 1.68. The molecule has 7 heteroatoms. The van der Waals surface area contributed by atoms with Gasteiger partial charge in [-0.15, -0.1) is 0 Å². The number of aromatic nitrogens is 3. The molecule has 0 radical (unpaired) electrons. The van der Waals surface area contributed by atoms with E-state index in [1.807, 2.05) is 45.0 Å². The fraction of sp³-hybridized carbons (Fsp3) is 0.333. The Balaban J connectivity index is 2.23. The van der Waals surface area contributed by atoms with Crippen molar-refractivity contribution in [2.24, 2.45) is 5.10 Å². The number of H-pyrrole nitrogens is 1. The van der Waals surface area contributed by atoms with Crippen LogP contribution in [-0.4, -0.2) is 26.7 Å². The van der Waals surface area contributed by atoms with Gasteiger partial charge in [0.25, 0.3) is 5.56 Å². The van der Waals surface area contributed by atoms with Crippen LogP contribution in [0.3, 0.4) is 0 Å². The molecule has 0 unspecified atom stereocenters. The van der Waals surface area contributed by atoms with Crippen LogP contribution >= 0.6 is 12.2 Å². The van der Waals surface area contributed by atoms with E-state index in [-0.39, 0.29) is 15.9 Å². The van der Waals surface area contributed by atoms with Gasteiger partial charge in [0.1, 0.15) is 17.0 Å². The van der Waals surface area contributed by atoms with Gasteiger partial charge in [0.2, 0.25) is 4.77 Å². The van der Waals surface area contributed by atoms with E-state index in [1.165, 1.54) is 0 Å². The molecule has 0 atom stereocenters. The number of aryl methyl sites for hydroxylation is 1. The highest BCUT2D eigenvalue weighted by Crippen LogP contribution is 2.17. The summed E-state index contributed by atoms with van der Waals surface area (Å²) in [7, 11) is 0. The third-order valence-electron chi connectivity index (χ3n) is 2.64. The van der Waals surface area contributed by atoms with E-state index in [1.54, 1.807) is 13.1 Å². The largest absolute Gasteiger partial charge is 0.488 e. The molecule has 0 spiro atoms. The molecular weight excluding hydrogens is 300 g/mol. The van der Waals surface area contributed by atoms with Gasteiger partial charge in [-0.2, -0.15) is 14.9 Å². The summed E-state index contributed by atoms with van der Waals surface area (Å²) in [4.78, 5) is 11.9. The summed E-state index contributed by atoms with van der Waals surface area (Å²) in [6.07, 6.45) is 1.56. The lowest BCUT2D eigenvalue weighted by molar-refractivity contribution is 0.131. The Morgan fingerprint density at radius 3 is 2.55 bits per heavy atom. The molecule has 6 nitrogen and oxygen atoms in total. The minimum absolute atomic E-state index is 0.152. The Morgan fingerprint density at radius 2 is 1.95 bits per heavy atom. The number of rotatable bonds is 3. The van der Waals surface area contributed by atoms with Crippen molar-refractivity contribution < 1.29 is 4.74 Å². The van der Waals surface area contributed by atoms with Crippen molar-refractivity contribution in [2.75, 3.05) is 0 Å². The van der Waals surface area contributed by atoms with Gasteiger partial charge in [-0.1, -0.05) is 0 Å². The first kappa shape index (κ1) is 16.1. The average Bonchev–Trinajstić information content (AvgIpc) is 2.43. The van der Waals surface area contributed by atoms with Crippen molar-refractivity contribution in [3.63, 3.8) is 0 Å². The van der Waals surface area contributed by atoms with Crippen LogP contribution in [0.4, 0.5) is 0 Å². The quantitative estimate of drug-likeness (QED) is 0.697. The smallest absolute Gasteiger partial charge is 0.296 e. The topological polar surface area (TPSA) is 72.3 Å². The van der Waals surface area contributed by atoms with Crippen molar-refractivity contribution >= 4 is 18.4 Å². The van der Waals surface area contributed by atoms with Gasteiger partial charge in [-0.25, -0.2) is 0 Å². The predicted octanol–water partition coefficient (Wildman–Crippen LogP) is 2.67. The molecule has 0 fully saturated rings. The normalized spacial score (nSPS) is 11.8. The summed E-state index contributed by atoms with van der Waals surface area (Å²) in [6, 6.07) is 7.43. The Bertz CT molecular complexity index is 798. The Kier molecular flexibility index (Phi) is 4.56. The molecule has 0 aliphatic rings. The first-order valence-electron chi connectivity index (χ1n) is 6.78. The van der Waals surface area contributed by atoms with Crippen molar-refractivity contribution in [1.82, 2.24) is 14.9 Å². The molecule has 0 amide bonds. The van der Waals surface area contributed by atoms with Crippen LogP contribution in [0.2, 0.25) is 0 Å². The van der Waals surface area contributed by atoms with E-state index in [4.69, 9.17) is 17.0 Å². The molecule has 116 valence electrons. The molecule has 0 bridgehead atoms. The Hall–Kier alpha value is -2.28. The number of hydrogen-bond donors (Lipinski definition) is 1. The molecule has 1 heterocycles. The summed E-state index contributed by atoms with van der Waals surface area (Å²) < 4.78 is 7.00. The number of ether oxygens (including phenoxy) is 1. The molecule has 1 aromatic carbocycles. The monoisotopic (exact) mass is 318 g/mol. The first-order valence-corrected chi connectivity index (χ1v) is 7.19. The third kappa shape index (κ3) is 4.11. The van der Waals surface area contributed by atoms with Gasteiger partial charge in [-0.3, -0.25) is 9.89 Å². The van der Waals surface area contributed by atoms with Crippen molar-refractivity contribution in [1.29, 1.82) is 0 Å². The SMILES string of the molecule is Cc1n[nH]c(=S)n(/N=C\c2ccc(OC(C)(C)C)cc2)c1=O. The fourth-order valence-corrected chi connectivity index (χ4v) is 1.85. The van der Waals surface area contributed by atoms with E-state index in [2.05, 4.69) is 15.3 Å². The Labute approximate surface area is 133 Å². The standard InChI is InChI=1S/C15H18N4O2S/c1-10-13(20)19(14(22)18-17-10)16-9-11-5-7-12(8-6-11)21-15(2,3)4/h5-9H,1-4H3,(H,18,22)/b16-9-. The van der Waals surface area contributed by atoms with Crippen LogP contribution in [0.5, 0.6) is 5.75 Å². The predicted molar refractivity (Wildman–Crippen MR) is 88.2 cm³/mol. The summed E-state index contributed by atoms with van der Waals surface area (Å²) in [5.41, 5.74) is 0.550. The van der Waals surface area contributed by atoms with Crippen molar-refractivity contribution in [3.8, 4) is 5.75 Å². The van der Waals surface area contributed by atoms with Crippen LogP contribution < -0.4 is 10.3 Å². The van der Waals surface area contributed by atoms with Gasteiger partial charge >= 0.3 is 0 Å². The second-order valence-corrected chi connectivity index (χ2v) is 6.15. The second-order valence-electron chi connectivity index (χ2n) is 5.76. The summed E-state index contributed by atoms with van der Waals surface area (Å²) >= 11 is 5.01. The van der Waals surface area contributed by atoms with E-state index < -0.39 is 0 Å². The zero-order valence-corrected chi connectivity index (χ0v) is 13.8. The molecule has 0 aliphatic heterocycles. The maximum absolute atomic E-state index is 11.9. The van der Waals surface area contributed by atoms with E-state index in [0.717, 1.165) is 16.0 Å². The molecule has 2 rings (SSSR count). The van der Waals surface area contributed by atoms with Crippen LogP contribution in [0, 0.1) is 11.7 Å². The maximum Gasteiger partial charge on any atom is 0.296 e. The molecular formula is C15H18N4O2S. The highest BCUT2D eigenvalue weighted by Gasteiger charge is 2.11. The van der Waals surface area contributed by atoms with Gasteiger partial charge < -0.3 is 4.74 Å². The molecule has 0 saturated heterocycles. The lowest BCUT2D eigenvalue weighted by Crippen LogP contribution is -2.23. The molecule has 2 aromatic rings. The van der Waals surface area contributed by atoms with E-state index in [0.29, 0.717) is 5.69 Å². The summed E-state index contributed by atoms with van der Waals surface area (Å²) in [6.45, 7) is 7.56. The van der Waals surface area contributed by atoms with Gasteiger partial charge in [-0.05, 0) is 69.7 Å². The molecule has 1 aromatic heterocycles. The zero-order valence-electron chi connectivity index (χ0n) is 13.0. The van der Waals surface area contributed by atoms with E-state index in [9.17, 15) is 4.79 Å². The summed E-state index contributed by atoms with van der Waals surface area (Å²) in [5.74, 6) is 0.777. The van der Waals surface area contributed by atoms with Crippen LogP contribution in [0.15, 0.2) is 34.2 Å². The maximum atomic E-state index is 11.9. The number of benzene rings is 1. The molecule has 22 heavy (non-hydrogen) atoms. The first-order chi connectivity index (χ1) is 10.3. The summed E-state index contributed by atoms with van der Waals surface area (Å²) in [5, 5.41) is 10.5. The number of aromatic amines is 1. The highest BCUT2D eigenvalue weighted by atomic mass is 32.1. The Morgan fingerprint density at radius 1 is 1.32 bits per heavy atom. The lowest BCUT2D eigenvalue weighted by atomic mass is 10.2. The minimum atomic E-state index is -0.340. The molecule has 0 aliphatic carbocycles. The molecule has 0 saturated carbocycles. The lowest BCUT2D eigenvalue weighted by Gasteiger charge is -2.21. The van der Waals surface area contributed by atoms with E-state index >= 15 is 0 Å². The number of nitrogens with zero attached hydrogens (tertiary/aromatic N) is 3. The number of hydrogen-bond acceptors (Lipinski definition) is 5. The molecule has 1 N–H and O–H groups in total. The van der Waals surface area contributed by atoms with Crippen molar-refractivity contribution in [2.45, 2.75) is 33.3 Å². The van der Waals surface area contributed by atoms with Crippen molar-refractivity contribution in [3.05, 3.63) is 50.6 Å². The second kappa shape index (κ2) is 6.23. The van der Waals surface area contributed by atoms with Crippen LogP contribution in [-0.2, 0) is 0 Å². The minimum Gasteiger partial charge on any atom is -0.488 e. The van der Waals surface area contributed by atoms with Gasteiger partial charge in [0.15, 0.2) is 0 Å².